The molecule has 0 saturated heterocycles. The van der Waals surface area contributed by atoms with Crippen LogP contribution in [0.15, 0.2) is 51.7 Å². The molecule has 0 radical (unpaired) electrons. The Hall–Kier alpha value is -2.79. The fourth-order valence-electron chi connectivity index (χ4n) is 2.73. The van der Waals surface area contributed by atoms with Gasteiger partial charge in [0.25, 0.3) is 5.91 Å². The van der Waals surface area contributed by atoms with Gasteiger partial charge in [0.1, 0.15) is 5.75 Å². The highest BCUT2D eigenvalue weighted by Gasteiger charge is 2.30. The van der Waals surface area contributed by atoms with E-state index in [0.717, 1.165) is 5.56 Å². The van der Waals surface area contributed by atoms with Gasteiger partial charge in [-0.05, 0) is 29.8 Å². The van der Waals surface area contributed by atoms with E-state index in [1.165, 1.54) is 23.1 Å². The van der Waals surface area contributed by atoms with Crippen LogP contribution in [0.1, 0.15) is 15.9 Å². The molecule has 1 N–H and O–H groups in total. The molecule has 0 saturated carbocycles. The minimum Gasteiger partial charge on any atom is -0.508 e. The summed E-state index contributed by atoms with van der Waals surface area (Å²) in [4.78, 5) is 26.1. The number of halogens is 1. The number of hydrogen-bond acceptors (Lipinski definition) is 4. The predicted molar refractivity (Wildman–Crippen MR) is 86.1 cm³/mol. The monoisotopic (exact) mass is 327 g/mol. The SMILES string of the molecule is O=C1c2cc(O)ccc2CN1c1cc(=O)c2cccc(Cl)c2o1. The Morgan fingerprint density at radius 3 is 2.78 bits per heavy atom. The highest BCUT2D eigenvalue weighted by molar-refractivity contribution is 6.34. The smallest absolute Gasteiger partial charge is 0.261 e. The molecule has 1 aromatic heterocycles. The third kappa shape index (κ3) is 2.09. The first kappa shape index (κ1) is 13.8. The summed E-state index contributed by atoms with van der Waals surface area (Å²) >= 11 is 6.08. The molecule has 6 heteroatoms. The van der Waals surface area contributed by atoms with Crippen molar-refractivity contribution in [1.29, 1.82) is 0 Å². The molecule has 114 valence electrons. The van der Waals surface area contributed by atoms with Gasteiger partial charge >= 0.3 is 0 Å². The molecular formula is C17H10ClNO4. The van der Waals surface area contributed by atoms with Gasteiger partial charge in [-0.25, -0.2) is 0 Å². The highest BCUT2D eigenvalue weighted by Crippen LogP contribution is 2.32. The van der Waals surface area contributed by atoms with Gasteiger partial charge < -0.3 is 9.52 Å². The van der Waals surface area contributed by atoms with Crippen molar-refractivity contribution in [2.24, 2.45) is 0 Å². The fraction of sp³-hybridized carbons (Fsp3) is 0.0588. The van der Waals surface area contributed by atoms with Crippen LogP contribution in [0.25, 0.3) is 11.0 Å². The standard InChI is InChI=1S/C17H10ClNO4/c18-13-3-1-2-11-14(21)7-15(23-16(11)13)19-8-9-4-5-10(20)6-12(9)17(19)22/h1-7,20H,8H2. The molecule has 0 unspecified atom stereocenters. The quantitative estimate of drug-likeness (QED) is 0.744. The first-order valence-corrected chi connectivity index (χ1v) is 7.28. The maximum absolute atomic E-state index is 12.5. The van der Waals surface area contributed by atoms with Crippen LogP contribution in [0.3, 0.4) is 0 Å². The Morgan fingerprint density at radius 2 is 1.96 bits per heavy atom. The second-order valence-electron chi connectivity index (χ2n) is 5.30. The Bertz CT molecular complexity index is 1020. The van der Waals surface area contributed by atoms with Gasteiger partial charge in [0, 0.05) is 11.6 Å². The van der Waals surface area contributed by atoms with Crippen molar-refractivity contribution >= 4 is 34.4 Å². The van der Waals surface area contributed by atoms with Gasteiger partial charge in [0.05, 0.1) is 17.0 Å². The number of aromatic hydroxyl groups is 1. The number of amides is 1. The molecule has 1 amide bonds. The van der Waals surface area contributed by atoms with Crippen LogP contribution < -0.4 is 10.3 Å². The Balaban J connectivity index is 1.87. The molecule has 1 aliphatic rings. The molecule has 4 rings (SSSR count). The zero-order valence-corrected chi connectivity index (χ0v) is 12.5. The first-order valence-electron chi connectivity index (χ1n) is 6.91. The molecule has 1 aliphatic heterocycles. The van der Waals surface area contributed by atoms with E-state index in [1.54, 1.807) is 24.3 Å². The van der Waals surface area contributed by atoms with E-state index in [2.05, 4.69) is 0 Å². The van der Waals surface area contributed by atoms with Crippen molar-refractivity contribution in [3.63, 3.8) is 0 Å². The molecular weight excluding hydrogens is 318 g/mol. The molecule has 3 aromatic rings. The lowest BCUT2D eigenvalue weighted by Crippen LogP contribution is -2.24. The summed E-state index contributed by atoms with van der Waals surface area (Å²) < 4.78 is 5.70. The van der Waals surface area contributed by atoms with Crippen LogP contribution in [0, 0.1) is 0 Å². The van der Waals surface area contributed by atoms with E-state index < -0.39 is 0 Å². The summed E-state index contributed by atoms with van der Waals surface area (Å²) in [5.41, 5.74) is 1.14. The van der Waals surface area contributed by atoms with Crippen LogP contribution in [0.4, 0.5) is 5.88 Å². The Kier molecular flexibility index (Phi) is 2.92. The normalized spacial score (nSPS) is 13.6. The maximum Gasteiger partial charge on any atom is 0.261 e. The van der Waals surface area contributed by atoms with E-state index in [9.17, 15) is 14.7 Å². The van der Waals surface area contributed by atoms with Gasteiger partial charge in [0.2, 0.25) is 5.88 Å². The molecule has 2 heterocycles. The van der Waals surface area contributed by atoms with Crippen LogP contribution in [-0.2, 0) is 6.54 Å². The van der Waals surface area contributed by atoms with Gasteiger partial charge in [0.15, 0.2) is 11.0 Å². The number of carbonyl (C=O) groups excluding carboxylic acids is 1. The second-order valence-corrected chi connectivity index (χ2v) is 5.71. The van der Waals surface area contributed by atoms with Crippen LogP contribution in [-0.4, -0.2) is 11.0 Å². The number of phenols is 1. The van der Waals surface area contributed by atoms with Gasteiger partial charge in [-0.3, -0.25) is 14.5 Å². The summed E-state index contributed by atoms with van der Waals surface area (Å²) in [5, 5.41) is 10.2. The average molecular weight is 328 g/mol. The van der Waals surface area contributed by atoms with E-state index in [4.69, 9.17) is 16.0 Å². The number of carbonyl (C=O) groups is 1. The molecule has 23 heavy (non-hydrogen) atoms. The molecule has 0 aliphatic carbocycles. The first-order chi connectivity index (χ1) is 11.0. The van der Waals surface area contributed by atoms with Gasteiger partial charge in [-0.1, -0.05) is 23.7 Å². The topological polar surface area (TPSA) is 70.8 Å². The van der Waals surface area contributed by atoms with Crippen LogP contribution in [0.2, 0.25) is 5.02 Å². The molecule has 5 nitrogen and oxygen atoms in total. The number of rotatable bonds is 1. The minimum absolute atomic E-state index is 0.0157. The summed E-state index contributed by atoms with van der Waals surface area (Å²) in [6, 6.07) is 10.8. The van der Waals surface area contributed by atoms with Crippen molar-refractivity contribution in [1.82, 2.24) is 0 Å². The lowest BCUT2D eigenvalue weighted by atomic mass is 10.1. The Morgan fingerprint density at radius 1 is 1.13 bits per heavy atom. The van der Waals surface area contributed by atoms with Crippen molar-refractivity contribution in [2.45, 2.75) is 6.54 Å². The summed E-state index contributed by atoms with van der Waals surface area (Å²) in [5.74, 6) is -0.177. The summed E-state index contributed by atoms with van der Waals surface area (Å²) in [6.45, 7) is 0.271. The number of para-hydroxylation sites is 1. The number of phenolic OH excluding ortho intramolecular Hbond substituents is 1. The van der Waals surface area contributed by atoms with E-state index in [-0.39, 0.29) is 35.1 Å². The maximum atomic E-state index is 12.5. The molecule has 0 bridgehead atoms. The second kappa shape index (κ2) is 4.86. The van der Waals surface area contributed by atoms with E-state index in [0.29, 0.717) is 16.0 Å². The van der Waals surface area contributed by atoms with Crippen LogP contribution >= 0.6 is 11.6 Å². The zero-order valence-electron chi connectivity index (χ0n) is 11.7. The lowest BCUT2D eigenvalue weighted by Gasteiger charge is -2.14. The van der Waals surface area contributed by atoms with Crippen molar-refractivity contribution < 1.29 is 14.3 Å². The number of benzene rings is 2. The average Bonchev–Trinajstić information content (AvgIpc) is 2.85. The highest BCUT2D eigenvalue weighted by atomic mass is 35.5. The minimum atomic E-state index is -0.328. The molecule has 0 atom stereocenters. The van der Waals surface area contributed by atoms with Crippen LogP contribution in [0.5, 0.6) is 5.75 Å². The van der Waals surface area contributed by atoms with Crippen molar-refractivity contribution in [2.75, 3.05) is 4.90 Å². The largest absolute Gasteiger partial charge is 0.508 e. The summed E-state index contributed by atoms with van der Waals surface area (Å²) in [7, 11) is 0. The van der Waals surface area contributed by atoms with Gasteiger partial charge in [-0.2, -0.15) is 0 Å². The molecule has 0 spiro atoms. The summed E-state index contributed by atoms with van der Waals surface area (Å²) in [6.07, 6.45) is 0. The fourth-order valence-corrected chi connectivity index (χ4v) is 2.94. The predicted octanol–water partition coefficient (Wildman–Crippen LogP) is 3.31. The van der Waals surface area contributed by atoms with E-state index >= 15 is 0 Å². The third-order valence-corrected chi connectivity index (χ3v) is 4.15. The third-order valence-electron chi connectivity index (χ3n) is 3.86. The zero-order chi connectivity index (χ0) is 16.1. The number of nitrogens with zero attached hydrogens (tertiary/aromatic N) is 1. The molecule has 0 fully saturated rings. The number of fused-ring (bicyclic) bond motifs is 2. The number of anilines is 1. The number of hydrogen-bond donors (Lipinski definition) is 1. The van der Waals surface area contributed by atoms with Crippen molar-refractivity contribution in [3.05, 3.63) is 68.8 Å². The lowest BCUT2D eigenvalue weighted by molar-refractivity contribution is 0.0992. The van der Waals surface area contributed by atoms with Crippen molar-refractivity contribution in [3.8, 4) is 5.75 Å². The van der Waals surface area contributed by atoms with E-state index in [1.807, 2.05) is 0 Å². The Labute approximate surface area is 135 Å². The van der Waals surface area contributed by atoms with Gasteiger partial charge in [-0.15, -0.1) is 0 Å². The molecule has 2 aromatic carbocycles.